The third kappa shape index (κ3) is 1.76. The molecule has 1 heterocycles. The van der Waals surface area contributed by atoms with Crippen molar-refractivity contribution in [2.75, 3.05) is 6.61 Å². The van der Waals surface area contributed by atoms with Gasteiger partial charge in [0.25, 0.3) is 0 Å². The van der Waals surface area contributed by atoms with Crippen molar-refractivity contribution in [3.05, 3.63) is 17.2 Å². The Kier molecular flexibility index (Phi) is 3.22. The van der Waals surface area contributed by atoms with Gasteiger partial charge in [-0.1, -0.05) is 0 Å². The van der Waals surface area contributed by atoms with Gasteiger partial charge in [-0.25, -0.2) is 9.18 Å². The molecule has 0 aliphatic carbocycles. The molecule has 0 bridgehead atoms. The smallest absolute Gasteiger partial charge is 0.359 e. The van der Waals surface area contributed by atoms with Crippen LogP contribution in [0.4, 0.5) is 4.39 Å². The summed E-state index contributed by atoms with van der Waals surface area (Å²) in [6, 6.07) is 0. The van der Waals surface area contributed by atoms with E-state index in [1.54, 1.807) is 13.8 Å². The molecule has 0 N–H and O–H groups in total. The SMILES string of the molecule is CCOC(=O)c1c(F)c(C)nn1CC. The number of rotatable bonds is 3. The first-order chi connectivity index (χ1) is 6.61. The molecule has 0 aliphatic rings. The van der Waals surface area contributed by atoms with E-state index in [1.165, 1.54) is 11.6 Å². The van der Waals surface area contributed by atoms with Crippen LogP contribution in [-0.2, 0) is 11.3 Å². The van der Waals surface area contributed by atoms with Crippen molar-refractivity contribution in [2.24, 2.45) is 0 Å². The number of carbonyl (C=O) groups excluding carboxylic acids is 1. The number of carbonyl (C=O) groups is 1. The molecule has 0 saturated carbocycles. The minimum Gasteiger partial charge on any atom is -0.461 e. The minimum absolute atomic E-state index is 0.0909. The fraction of sp³-hybridized carbons (Fsp3) is 0.556. The molecule has 0 radical (unpaired) electrons. The Balaban J connectivity index is 3.10. The first-order valence-electron chi connectivity index (χ1n) is 4.51. The lowest BCUT2D eigenvalue weighted by molar-refractivity contribution is 0.0506. The number of esters is 1. The average molecular weight is 200 g/mol. The molecule has 14 heavy (non-hydrogen) atoms. The first kappa shape index (κ1) is 10.7. The number of nitrogens with zero attached hydrogens (tertiary/aromatic N) is 2. The van der Waals surface area contributed by atoms with E-state index in [1.807, 2.05) is 0 Å². The van der Waals surface area contributed by atoms with Crippen molar-refractivity contribution in [3.63, 3.8) is 0 Å². The first-order valence-corrected chi connectivity index (χ1v) is 4.51. The van der Waals surface area contributed by atoms with E-state index in [0.29, 0.717) is 6.54 Å². The van der Waals surface area contributed by atoms with Crippen LogP contribution in [0.1, 0.15) is 30.0 Å². The lowest BCUT2D eigenvalue weighted by atomic mass is 10.3. The predicted molar refractivity (Wildman–Crippen MR) is 48.6 cm³/mol. The van der Waals surface area contributed by atoms with E-state index in [-0.39, 0.29) is 18.0 Å². The Morgan fingerprint density at radius 3 is 2.71 bits per heavy atom. The van der Waals surface area contributed by atoms with Crippen LogP contribution in [0.25, 0.3) is 0 Å². The second-order valence-corrected chi connectivity index (χ2v) is 2.78. The topological polar surface area (TPSA) is 44.1 Å². The minimum atomic E-state index is -0.660. The molecule has 1 aromatic rings. The molecule has 0 atom stereocenters. The summed E-state index contributed by atoms with van der Waals surface area (Å²) in [5.74, 6) is -1.25. The molecular formula is C9H13FN2O2. The summed E-state index contributed by atoms with van der Waals surface area (Å²) >= 11 is 0. The summed E-state index contributed by atoms with van der Waals surface area (Å²) in [7, 11) is 0. The van der Waals surface area contributed by atoms with Gasteiger partial charge in [0.15, 0.2) is 11.5 Å². The van der Waals surface area contributed by atoms with Gasteiger partial charge in [-0.15, -0.1) is 0 Å². The van der Waals surface area contributed by atoms with Crippen LogP contribution in [0.5, 0.6) is 0 Å². The summed E-state index contributed by atoms with van der Waals surface area (Å²) in [5, 5.41) is 3.87. The lowest BCUT2D eigenvalue weighted by Crippen LogP contribution is -2.13. The number of halogens is 1. The summed E-state index contributed by atoms with van der Waals surface area (Å²) < 4.78 is 19.4. The highest BCUT2D eigenvalue weighted by atomic mass is 19.1. The molecule has 0 spiro atoms. The Morgan fingerprint density at radius 2 is 2.21 bits per heavy atom. The second kappa shape index (κ2) is 4.21. The summed E-state index contributed by atoms with van der Waals surface area (Å²) in [6.45, 7) is 5.65. The number of aryl methyl sites for hydroxylation is 2. The largest absolute Gasteiger partial charge is 0.461 e. The molecule has 0 fully saturated rings. The molecule has 78 valence electrons. The molecule has 0 saturated heterocycles. The molecular weight excluding hydrogens is 187 g/mol. The van der Waals surface area contributed by atoms with Crippen molar-refractivity contribution in [1.82, 2.24) is 9.78 Å². The molecule has 1 rings (SSSR count). The van der Waals surface area contributed by atoms with Crippen molar-refractivity contribution in [3.8, 4) is 0 Å². The van der Waals surface area contributed by atoms with Gasteiger partial charge < -0.3 is 4.74 Å². The Morgan fingerprint density at radius 1 is 1.57 bits per heavy atom. The highest BCUT2D eigenvalue weighted by Crippen LogP contribution is 2.12. The fourth-order valence-electron chi connectivity index (χ4n) is 1.18. The van der Waals surface area contributed by atoms with Gasteiger partial charge in [0.1, 0.15) is 0 Å². The predicted octanol–water partition coefficient (Wildman–Crippen LogP) is 1.53. The summed E-state index contributed by atoms with van der Waals surface area (Å²) in [5.41, 5.74) is 0.127. The lowest BCUT2D eigenvalue weighted by Gasteiger charge is -2.03. The fourth-order valence-corrected chi connectivity index (χ4v) is 1.18. The number of hydrogen-bond donors (Lipinski definition) is 0. The molecule has 5 heteroatoms. The van der Waals surface area contributed by atoms with Crippen LogP contribution in [0, 0.1) is 12.7 Å². The third-order valence-electron chi connectivity index (χ3n) is 1.82. The van der Waals surface area contributed by atoms with Gasteiger partial charge in [0.05, 0.1) is 12.3 Å². The highest BCUT2D eigenvalue weighted by molar-refractivity contribution is 5.88. The van der Waals surface area contributed by atoms with E-state index in [4.69, 9.17) is 4.74 Å². The molecule has 0 aromatic carbocycles. The average Bonchev–Trinajstić information content (AvgIpc) is 2.43. The Labute approximate surface area is 81.7 Å². The summed E-state index contributed by atoms with van der Waals surface area (Å²) in [6.07, 6.45) is 0. The Hall–Kier alpha value is -1.39. The van der Waals surface area contributed by atoms with E-state index in [0.717, 1.165) is 0 Å². The van der Waals surface area contributed by atoms with E-state index in [9.17, 15) is 9.18 Å². The molecule has 0 aliphatic heterocycles. The monoisotopic (exact) mass is 200 g/mol. The van der Waals surface area contributed by atoms with Crippen LogP contribution in [0.3, 0.4) is 0 Å². The number of aromatic nitrogens is 2. The normalized spacial score (nSPS) is 10.3. The second-order valence-electron chi connectivity index (χ2n) is 2.78. The van der Waals surface area contributed by atoms with Gasteiger partial charge >= 0.3 is 5.97 Å². The Bertz CT molecular complexity index is 347. The van der Waals surface area contributed by atoms with E-state index in [2.05, 4.69) is 5.10 Å². The van der Waals surface area contributed by atoms with Gasteiger partial charge in [-0.05, 0) is 20.8 Å². The maximum Gasteiger partial charge on any atom is 0.359 e. The zero-order valence-corrected chi connectivity index (χ0v) is 8.50. The van der Waals surface area contributed by atoms with Crippen LogP contribution in [-0.4, -0.2) is 22.4 Å². The maximum absolute atomic E-state index is 13.4. The standard InChI is InChI=1S/C9H13FN2O2/c1-4-12-8(9(13)14-5-2)7(10)6(3)11-12/h4-5H2,1-3H3. The van der Waals surface area contributed by atoms with Crippen molar-refractivity contribution >= 4 is 5.97 Å². The third-order valence-corrected chi connectivity index (χ3v) is 1.82. The van der Waals surface area contributed by atoms with E-state index < -0.39 is 11.8 Å². The van der Waals surface area contributed by atoms with Gasteiger partial charge in [0, 0.05) is 6.54 Å². The van der Waals surface area contributed by atoms with E-state index >= 15 is 0 Å². The van der Waals surface area contributed by atoms with Crippen molar-refractivity contribution in [1.29, 1.82) is 0 Å². The van der Waals surface area contributed by atoms with Gasteiger partial charge in [-0.2, -0.15) is 5.10 Å². The zero-order chi connectivity index (χ0) is 10.7. The molecule has 0 amide bonds. The molecule has 0 unspecified atom stereocenters. The maximum atomic E-state index is 13.4. The summed E-state index contributed by atoms with van der Waals surface area (Å²) in [4.78, 5) is 11.3. The highest BCUT2D eigenvalue weighted by Gasteiger charge is 2.21. The van der Waals surface area contributed by atoms with Crippen LogP contribution >= 0.6 is 0 Å². The van der Waals surface area contributed by atoms with Crippen LogP contribution < -0.4 is 0 Å². The van der Waals surface area contributed by atoms with Gasteiger partial charge in [-0.3, -0.25) is 4.68 Å². The molecule has 4 nitrogen and oxygen atoms in total. The number of ether oxygens (including phenoxy) is 1. The van der Waals surface area contributed by atoms with Crippen molar-refractivity contribution < 1.29 is 13.9 Å². The van der Waals surface area contributed by atoms with Gasteiger partial charge in [0.2, 0.25) is 0 Å². The number of hydrogen-bond acceptors (Lipinski definition) is 3. The van der Waals surface area contributed by atoms with Crippen LogP contribution in [0.2, 0.25) is 0 Å². The van der Waals surface area contributed by atoms with Crippen LogP contribution in [0.15, 0.2) is 0 Å². The molecule has 1 aromatic heterocycles. The quantitative estimate of drug-likeness (QED) is 0.695. The zero-order valence-electron chi connectivity index (χ0n) is 8.50. The van der Waals surface area contributed by atoms with Crippen molar-refractivity contribution in [2.45, 2.75) is 27.3 Å².